The minimum atomic E-state index is -0.311. The third-order valence-corrected chi connectivity index (χ3v) is 5.75. The summed E-state index contributed by atoms with van der Waals surface area (Å²) in [7, 11) is 4.05. The first kappa shape index (κ1) is 21.1. The molecule has 35 heavy (non-hydrogen) atoms. The Kier molecular flexibility index (Phi) is 5.04. The zero-order valence-electron chi connectivity index (χ0n) is 19.1. The van der Waals surface area contributed by atoms with E-state index in [1.54, 1.807) is 18.5 Å². The fraction of sp³-hybridized carbons (Fsp3) is 0.115. The van der Waals surface area contributed by atoms with E-state index in [1.807, 2.05) is 44.7 Å². The second-order valence-electron chi connectivity index (χ2n) is 8.66. The SMILES string of the molecule is CN(C)Cc1cncc(-c2ccc3[nH]nc(-c4nc5c(-c6cccc(F)c6)cncc5[nH]4)c3n2)c1. The Hall–Kier alpha value is -4.50. The predicted molar refractivity (Wildman–Crippen MR) is 133 cm³/mol. The lowest BCUT2D eigenvalue weighted by atomic mass is 10.1. The molecule has 0 amide bonds. The van der Waals surface area contributed by atoms with Crippen LogP contribution in [0, 0.1) is 5.82 Å². The molecule has 0 radical (unpaired) electrons. The maximum Gasteiger partial charge on any atom is 0.161 e. The zero-order chi connectivity index (χ0) is 23.9. The van der Waals surface area contributed by atoms with Crippen molar-refractivity contribution in [1.29, 1.82) is 0 Å². The van der Waals surface area contributed by atoms with E-state index in [-0.39, 0.29) is 5.82 Å². The van der Waals surface area contributed by atoms with Crippen LogP contribution < -0.4 is 0 Å². The lowest BCUT2D eigenvalue weighted by molar-refractivity contribution is 0.402. The van der Waals surface area contributed by atoms with Gasteiger partial charge in [-0.3, -0.25) is 15.1 Å². The average Bonchev–Trinajstić information content (AvgIpc) is 3.47. The van der Waals surface area contributed by atoms with E-state index < -0.39 is 0 Å². The van der Waals surface area contributed by atoms with Gasteiger partial charge in [-0.2, -0.15) is 5.10 Å². The van der Waals surface area contributed by atoms with Gasteiger partial charge in [-0.25, -0.2) is 14.4 Å². The van der Waals surface area contributed by atoms with E-state index in [9.17, 15) is 4.39 Å². The van der Waals surface area contributed by atoms with Gasteiger partial charge >= 0.3 is 0 Å². The minimum absolute atomic E-state index is 0.311. The summed E-state index contributed by atoms with van der Waals surface area (Å²) in [5, 5.41) is 7.53. The monoisotopic (exact) mass is 464 g/mol. The van der Waals surface area contributed by atoms with Gasteiger partial charge in [0.2, 0.25) is 0 Å². The van der Waals surface area contributed by atoms with Crippen molar-refractivity contribution in [3.05, 3.63) is 78.6 Å². The number of H-pyrrole nitrogens is 2. The normalized spacial score (nSPS) is 11.7. The third kappa shape index (κ3) is 3.91. The Bertz CT molecular complexity index is 1680. The molecule has 0 unspecified atom stereocenters. The third-order valence-electron chi connectivity index (χ3n) is 5.75. The van der Waals surface area contributed by atoms with E-state index in [4.69, 9.17) is 9.97 Å². The fourth-order valence-corrected chi connectivity index (χ4v) is 4.22. The Morgan fingerprint density at radius 1 is 0.857 bits per heavy atom. The first-order chi connectivity index (χ1) is 17.0. The van der Waals surface area contributed by atoms with Gasteiger partial charge in [0, 0.05) is 36.3 Å². The van der Waals surface area contributed by atoms with Gasteiger partial charge in [0.15, 0.2) is 11.5 Å². The number of nitrogens with one attached hydrogen (secondary N) is 2. The Balaban J connectivity index is 1.45. The number of imidazole rings is 1. The van der Waals surface area contributed by atoms with Gasteiger partial charge in [-0.05, 0) is 55.6 Å². The molecular weight excluding hydrogens is 443 g/mol. The van der Waals surface area contributed by atoms with Crippen molar-refractivity contribution in [1.82, 2.24) is 40.0 Å². The highest BCUT2D eigenvalue weighted by molar-refractivity contribution is 5.95. The molecule has 0 bridgehead atoms. The maximum atomic E-state index is 13.8. The molecule has 172 valence electrons. The highest BCUT2D eigenvalue weighted by Gasteiger charge is 2.17. The molecule has 0 saturated carbocycles. The summed E-state index contributed by atoms with van der Waals surface area (Å²) >= 11 is 0. The zero-order valence-corrected chi connectivity index (χ0v) is 19.1. The van der Waals surface area contributed by atoms with Crippen molar-refractivity contribution in [2.24, 2.45) is 0 Å². The fourth-order valence-electron chi connectivity index (χ4n) is 4.22. The standard InChI is InChI=1S/C26H21FN8/c1-35(2)14-15-8-17(11-28-10-15)20-6-7-21-24(30-20)25(34-33-21)26-31-22-13-29-12-19(23(22)32-26)16-4-3-5-18(27)9-16/h3-13H,14H2,1-2H3,(H,31,32)(H,33,34). The summed E-state index contributed by atoms with van der Waals surface area (Å²) in [5.74, 6) is 0.246. The van der Waals surface area contributed by atoms with Gasteiger partial charge < -0.3 is 9.88 Å². The Labute approximate surface area is 199 Å². The molecular formula is C26H21FN8. The first-order valence-corrected chi connectivity index (χ1v) is 11.1. The lowest BCUT2D eigenvalue weighted by Crippen LogP contribution is -2.10. The van der Waals surface area contributed by atoms with Crippen molar-refractivity contribution in [2.75, 3.05) is 14.1 Å². The van der Waals surface area contributed by atoms with E-state index in [0.29, 0.717) is 28.1 Å². The summed E-state index contributed by atoms with van der Waals surface area (Å²) in [6.07, 6.45) is 7.06. The molecule has 6 aromatic rings. The predicted octanol–water partition coefficient (Wildman–Crippen LogP) is 4.83. The molecule has 0 atom stereocenters. The quantitative estimate of drug-likeness (QED) is 0.379. The smallest absolute Gasteiger partial charge is 0.161 e. The van der Waals surface area contributed by atoms with E-state index in [2.05, 4.69) is 36.1 Å². The number of hydrogen-bond donors (Lipinski definition) is 2. The summed E-state index contributed by atoms with van der Waals surface area (Å²) in [4.78, 5) is 23.8. The number of aromatic nitrogens is 7. The van der Waals surface area contributed by atoms with Crippen molar-refractivity contribution in [2.45, 2.75) is 6.54 Å². The summed E-state index contributed by atoms with van der Waals surface area (Å²) in [6.45, 7) is 0.792. The summed E-state index contributed by atoms with van der Waals surface area (Å²) in [5.41, 5.74) is 7.79. The number of rotatable bonds is 5. The van der Waals surface area contributed by atoms with Gasteiger partial charge in [0.05, 0.1) is 28.4 Å². The summed E-state index contributed by atoms with van der Waals surface area (Å²) < 4.78 is 13.8. The molecule has 6 rings (SSSR count). The van der Waals surface area contributed by atoms with Crippen LogP contribution >= 0.6 is 0 Å². The largest absolute Gasteiger partial charge is 0.335 e. The molecule has 0 aliphatic rings. The van der Waals surface area contributed by atoms with Crippen LogP contribution in [0.4, 0.5) is 4.39 Å². The topological polar surface area (TPSA) is 99.3 Å². The van der Waals surface area contributed by atoms with Crippen LogP contribution in [0.5, 0.6) is 0 Å². The van der Waals surface area contributed by atoms with Crippen LogP contribution in [0.2, 0.25) is 0 Å². The first-order valence-electron chi connectivity index (χ1n) is 11.1. The van der Waals surface area contributed by atoms with Gasteiger partial charge in [0.1, 0.15) is 11.3 Å². The van der Waals surface area contributed by atoms with Crippen molar-refractivity contribution >= 4 is 22.1 Å². The molecule has 0 spiro atoms. The molecule has 1 aromatic carbocycles. The summed E-state index contributed by atoms with van der Waals surface area (Å²) in [6, 6.07) is 12.4. The van der Waals surface area contributed by atoms with Crippen LogP contribution in [0.3, 0.4) is 0 Å². The molecule has 0 aliphatic heterocycles. The van der Waals surface area contributed by atoms with Gasteiger partial charge in [-0.1, -0.05) is 12.1 Å². The highest BCUT2D eigenvalue weighted by atomic mass is 19.1. The average molecular weight is 465 g/mol. The molecule has 9 heteroatoms. The molecule has 8 nitrogen and oxygen atoms in total. The number of fused-ring (bicyclic) bond motifs is 2. The minimum Gasteiger partial charge on any atom is -0.335 e. The molecule has 5 heterocycles. The van der Waals surface area contributed by atoms with E-state index in [0.717, 1.165) is 40.0 Å². The molecule has 2 N–H and O–H groups in total. The highest BCUT2D eigenvalue weighted by Crippen LogP contribution is 2.31. The number of pyridine rings is 3. The van der Waals surface area contributed by atoms with Crippen LogP contribution in [-0.4, -0.2) is 54.1 Å². The Morgan fingerprint density at radius 2 is 1.74 bits per heavy atom. The number of hydrogen-bond acceptors (Lipinski definition) is 6. The van der Waals surface area contributed by atoms with E-state index >= 15 is 0 Å². The number of aromatic amines is 2. The second-order valence-corrected chi connectivity index (χ2v) is 8.66. The van der Waals surface area contributed by atoms with Crippen molar-refractivity contribution in [3.8, 4) is 33.9 Å². The number of halogens is 1. The number of benzene rings is 1. The Morgan fingerprint density at radius 3 is 2.60 bits per heavy atom. The van der Waals surface area contributed by atoms with Gasteiger partial charge in [-0.15, -0.1) is 0 Å². The lowest BCUT2D eigenvalue weighted by Gasteiger charge is -2.10. The van der Waals surface area contributed by atoms with Gasteiger partial charge in [0.25, 0.3) is 0 Å². The second kappa shape index (κ2) is 8.37. The van der Waals surface area contributed by atoms with Crippen LogP contribution in [0.25, 0.3) is 56.0 Å². The number of nitrogens with zero attached hydrogens (tertiary/aromatic N) is 6. The molecule has 0 saturated heterocycles. The van der Waals surface area contributed by atoms with Crippen LogP contribution in [0.1, 0.15) is 5.56 Å². The van der Waals surface area contributed by atoms with Crippen molar-refractivity contribution < 1.29 is 4.39 Å². The van der Waals surface area contributed by atoms with Crippen molar-refractivity contribution in [3.63, 3.8) is 0 Å². The molecule has 0 fully saturated rings. The van der Waals surface area contributed by atoms with E-state index in [1.165, 1.54) is 12.1 Å². The maximum absolute atomic E-state index is 13.8. The molecule has 0 aliphatic carbocycles. The molecule has 5 aromatic heterocycles. The van der Waals surface area contributed by atoms with Crippen LogP contribution in [-0.2, 0) is 6.54 Å². The van der Waals surface area contributed by atoms with Crippen LogP contribution in [0.15, 0.2) is 67.3 Å².